The van der Waals surface area contributed by atoms with Crippen molar-refractivity contribution in [3.63, 3.8) is 0 Å². The quantitative estimate of drug-likeness (QED) is 0.593. The van der Waals surface area contributed by atoms with Crippen molar-refractivity contribution in [3.05, 3.63) is 30.4 Å². The number of anilines is 3. The van der Waals surface area contributed by atoms with Gasteiger partial charge in [-0.25, -0.2) is 9.97 Å². The molecule has 3 N–H and O–H groups in total. The number of rotatable bonds is 6. The zero-order chi connectivity index (χ0) is 19.8. The zero-order valence-corrected chi connectivity index (χ0v) is 16.5. The van der Waals surface area contributed by atoms with Crippen molar-refractivity contribution in [3.8, 4) is 6.07 Å². The Kier molecular flexibility index (Phi) is 4.56. The summed E-state index contributed by atoms with van der Waals surface area (Å²) in [5.74, 6) is 2.25. The molecule has 0 spiro atoms. The summed E-state index contributed by atoms with van der Waals surface area (Å²) in [6.45, 7) is 2.86. The first kappa shape index (κ1) is 17.9. The van der Waals surface area contributed by atoms with Gasteiger partial charge in [0, 0.05) is 55.2 Å². The lowest BCUT2D eigenvalue weighted by atomic mass is 9.97. The van der Waals surface area contributed by atoms with Gasteiger partial charge in [-0.3, -0.25) is 10.00 Å². The number of fused-ring (bicyclic) bond motifs is 3. The Balaban J connectivity index is 1.35. The molecule has 2 saturated heterocycles. The van der Waals surface area contributed by atoms with E-state index < -0.39 is 0 Å². The molecule has 9 heteroatoms. The van der Waals surface area contributed by atoms with Gasteiger partial charge in [0.25, 0.3) is 0 Å². The summed E-state index contributed by atoms with van der Waals surface area (Å²) < 4.78 is 1.98. The fraction of sp³-hybridized carbons (Fsp3) is 0.500. The molecular weight excluding hydrogens is 366 g/mol. The average molecular weight is 391 g/mol. The summed E-state index contributed by atoms with van der Waals surface area (Å²) in [5, 5.41) is 23.0. The zero-order valence-electron chi connectivity index (χ0n) is 16.5. The number of aryl methyl sites for hydroxylation is 1. The number of hydrogen-bond donors (Lipinski definition) is 3. The van der Waals surface area contributed by atoms with Gasteiger partial charge in [0.05, 0.1) is 12.3 Å². The Morgan fingerprint density at radius 1 is 1.28 bits per heavy atom. The fourth-order valence-corrected chi connectivity index (χ4v) is 4.83. The Labute approximate surface area is 169 Å². The standard InChI is InChI=1S/C20H25N9/c1-13-9-17(27-26-13)24-18-12-28-8-6-22-20(28)19(25-18)23-14-10-15-3-4-16(11-14)29(15)7-2-5-21/h6,8-9,12,14-16H,2-4,7,10-11H2,1H3,(H,23,25)(H2,24,26,27). The van der Waals surface area contributed by atoms with Crippen LogP contribution in [0.5, 0.6) is 0 Å². The van der Waals surface area contributed by atoms with Gasteiger partial charge in [-0.05, 0) is 32.6 Å². The molecular formula is C20H25N9. The van der Waals surface area contributed by atoms with Crippen LogP contribution in [0.4, 0.5) is 17.5 Å². The third-order valence-corrected chi connectivity index (χ3v) is 6.04. The highest BCUT2D eigenvalue weighted by molar-refractivity contribution is 5.67. The van der Waals surface area contributed by atoms with E-state index in [0.717, 1.165) is 48.2 Å². The number of nitrogens with one attached hydrogen (secondary N) is 3. The molecule has 2 aliphatic rings. The van der Waals surface area contributed by atoms with Gasteiger partial charge in [0.1, 0.15) is 0 Å². The normalized spacial score (nSPS) is 23.9. The second kappa shape index (κ2) is 7.37. The molecule has 29 heavy (non-hydrogen) atoms. The fourth-order valence-electron chi connectivity index (χ4n) is 4.83. The van der Waals surface area contributed by atoms with Crippen LogP contribution in [0.15, 0.2) is 24.7 Å². The molecule has 9 nitrogen and oxygen atoms in total. The number of nitriles is 1. The van der Waals surface area contributed by atoms with Gasteiger partial charge in [-0.1, -0.05) is 0 Å². The van der Waals surface area contributed by atoms with Crippen molar-refractivity contribution < 1.29 is 0 Å². The molecule has 0 aromatic carbocycles. The Bertz CT molecular complexity index is 1030. The van der Waals surface area contributed by atoms with E-state index in [9.17, 15) is 0 Å². The SMILES string of the molecule is Cc1cc(Nc2cn3ccnc3c(NC3CC4CCC(C3)N4CCC#N)n2)n[nH]1. The molecule has 2 unspecified atom stereocenters. The molecule has 5 rings (SSSR count). The smallest absolute Gasteiger partial charge is 0.180 e. The van der Waals surface area contributed by atoms with E-state index in [1.165, 1.54) is 12.8 Å². The third kappa shape index (κ3) is 3.51. The lowest BCUT2D eigenvalue weighted by molar-refractivity contribution is 0.136. The molecule has 3 aromatic rings. The first-order valence-electron chi connectivity index (χ1n) is 10.2. The van der Waals surface area contributed by atoms with Crippen LogP contribution in [0.2, 0.25) is 0 Å². The van der Waals surface area contributed by atoms with Crippen molar-refractivity contribution in [2.24, 2.45) is 0 Å². The molecule has 2 bridgehead atoms. The van der Waals surface area contributed by atoms with Crippen LogP contribution < -0.4 is 10.6 Å². The Morgan fingerprint density at radius 2 is 2.10 bits per heavy atom. The van der Waals surface area contributed by atoms with Crippen molar-refractivity contribution in [2.75, 3.05) is 17.2 Å². The summed E-state index contributed by atoms with van der Waals surface area (Å²) in [6.07, 6.45) is 10.9. The first-order chi connectivity index (χ1) is 14.2. The van der Waals surface area contributed by atoms with Gasteiger partial charge < -0.3 is 15.0 Å². The Hall–Kier alpha value is -3.12. The van der Waals surface area contributed by atoms with Crippen molar-refractivity contribution >= 4 is 23.1 Å². The van der Waals surface area contributed by atoms with Crippen molar-refractivity contribution in [1.82, 2.24) is 29.5 Å². The minimum Gasteiger partial charge on any atom is -0.364 e. The second-order valence-corrected chi connectivity index (χ2v) is 8.04. The number of aromatic nitrogens is 5. The van der Waals surface area contributed by atoms with Gasteiger partial charge in [-0.15, -0.1) is 0 Å². The molecule has 5 heterocycles. The summed E-state index contributed by atoms with van der Waals surface area (Å²) in [7, 11) is 0. The number of H-pyrrole nitrogens is 1. The van der Waals surface area contributed by atoms with Crippen LogP contribution in [-0.2, 0) is 0 Å². The largest absolute Gasteiger partial charge is 0.364 e. The van der Waals surface area contributed by atoms with Gasteiger partial charge in [0.2, 0.25) is 0 Å². The van der Waals surface area contributed by atoms with Gasteiger partial charge in [-0.2, -0.15) is 10.4 Å². The van der Waals surface area contributed by atoms with Crippen LogP contribution in [-0.4, -0.2) is 54.1 Å². The molecule has 2 aliphatic heterocycles. The molecule has 3 aromatic heterocycles. The summed E-state index contributed by atoms with van der Waals surface area (Å²) in [5.41, 5.74) is 1.82. The number of aromatic amines is 1. The van der Waals surface area contributed by atoms with E-state index in [4.69, 9.17) is 10.2 Å². The van der Waals surface area contributed by atoms with Crippen LogP contribution >= 0.6 is 0 Å². The predicted molar refractivity (Wildman–Crippen MR) is 110 cm³/mol. The maximum Gasteiger partial charge on any atom is 0.180 e. The van der Waals surface area contributed by atoms with Crippen molar-refractivity contribution in [1.29, 1.82) is 5.26 Å². The predicted octanol–water partition coefficient (Wildman–Crippen LogP) is 2.83. The summed E-state index contributed by atoms with van der Waals surface area (Å²) in [6, 6.07) is 5.71. The van der Waals surface area contributed by atoms with Crippen LogP contribution in [0.1, 0.15) is 37.8 Å². The minimum absolute atomic E-state index is 0.363. The highest BCUT2D eigenvalue weighted by Crippen LogP contribution is 2.37. The summed E-state index contributed by atoms with van der Waals surface area (Å²) in [4.78, 5) is 11.8. The Morgan fingerprint density at radius 3 is 2.83 bits per heavy atom. The average Bonchev–Trinajstić information content (AvgIpc) is 3.39. The minimum atomic E-state index is 0.363. The van der Waals surface area contributed by atoms with E-state index >= 15 is 0 Å². The molecule has 0 saturated carbocycles. The lowest BCUT2D eigenvalue weighted by Crippen LogP contribution is -2.47. The molecule has 2 atom stereocenters. The van der Waals surface area contributed by atoms with Crippen LogP contribution in [0, 0.1) is 18.3 Å². The molecule has 0 radical (unpaired) electrons. The monoisotopic (exact) mass is 391 g/mol. The maximum absolute atomic E-state index is 8.93. The number of piperidine rings is 1. The van der Waals surface area contributed by atoms with Crippen LogP contribution in [0.3, 0.4) is 0 Å². The highest BCUT2D eigenvalue weighted by Gasteiger charge is 2.40. The van der Waals surface area contributed by atoms with E-state index in [2.05, 4.69) is 36.8 Å². The van der Waals surface area contributed by atoms with E-state index in [1.54, 1.807) is 6.20 Å². The highest BCUT2D eigenvalue weighted by atomic mass is 15.2. The first-order valence-corrected chi connectivity index (χ1v) is 10.2. The van der Waals surface area contributed by atoms with E-state index in [-0.39, 0.29) is 0 Å². The van der Waals surface area contributed by atoms with E-state index in [0.29, 0.717) is 24.5 Å². The molecule has 150 valence electrons. The topological polar surface area (TPSA) is 110 Å². The molecule has 2 fully saturated rings. The van der Waals surface area contributed by atoms with Gasteiger partial charge >= 0.3 is 0 Å². The second-order valence-electron chi connectivity index (χ2n) is 8.04. The number of hydrogen-bond acceptors (Lipinski definition) is 7. The summed E-state index contributed by atoms with van der Waals surface area (Å²) >= 11 is 0. The van der Waals surface area contributed by atoms with Crippen LogP contribution in [0.25, 0.3) is 5.65 Å². The number of imidazole rings is 1. The van der Waals surface area contributed by atoms with Gasteiger partial charge in [0.15, 0.2) is 23.1 Å². The third-order valence-electron chi connectivity index (χ3n) is 6.04. The molecule has 0 amide bonds. The van der Waals surface area contributed by atoms with E-state index in [1.807, 2.05) is 29.8 Å². The maximum atomic E-state index is 8.93. The molecule has 0 aliphatic carbocycles. The number of nitrogens with zero attached hydrogens (tertiary/aromatic N) is 6. The van der Waals surface area contributed by atoms with Crippen molar-refractivity contribution in [2.45, 2.75) is 57.2 Å². The lowest BCUT2D eigenvalue weighted by Gasteiger charge is -2.39.